The molecule has 0 heterocycles. The maximum atomic E-state index is 12.1. The van der Waals surface area contributed by atoms with Crippen LogP contribution in [0.25, 0.3) is 0 Å². The molecule has 2 N–H and O–H groups in total. The fourth-order valence-electron chi connectivity index (χ4n) is 1.55. The molecule has 0 radical (unpaired) electrons. The lowest BCUT2D eigenvalue weighted by Crippen LogP contribution is -2.43. The third-order valence-electron chi connectivity index (χ3n) is 2.77. The summed E-state index contributed by atoms with van der Waals surface area (Å²) in [4.78, 5) is 14.0. The Morgan fingerprint density at radius 2 is 1.62 bits per heavy atom. The Kier molecular flexibility index (Phi) is 6.65. The third-order valence-corrected chi connectivity index (χ3v) is 2.77. The van der Waals surface area contributed by atoms with Gasteiger partial charge in [0.25, 0.3) is 0 Å². The molecule has 3 nitrogen and oxygen atoms in total. The number of rotatable bonds is 6. The van der Waals surface area contributed by atoms with Crippen LogP contribution < -0.4 is 5.73 Å². The van der Waals surface area contributed by atoms with Crippen LogP contribution in [0.4, 0.5) is 0 Å². The highest BCUT2D eigenvalue weighted by Gasteiger charge is 2.21. The van der Waals surface area contributed by atoms with Crippen LogP contribution in [0.15, 0.2) is 0 Å². The van der Waals surface area contributed by atoms with Crippen molar-refractivity contribution >= 4 is 5.91 Å². The number of amides is 1. The van der Waals surface area contributed by atoms with Crippen LogP contribution in [0.3, 0.4) is 0 Å². The number of nitrogens with zero attached hydrogens (tertiary/aromatic N) is 1. The molecule has 0 saturated carbocycles. The molecule has 0 aromatic carbocycles. The van der Waals surface area contributed by atoms with Gasteiger partial charge in [-0.25, -0.2) is 0 Å². The fraction of sp³-hybridized carbons (Fsp3) is 0.923. The maximum Gasteiger partial charge on any atom is 0.224 e. The number of carbonyl (C=O) groups is 1. The first-order valence-electron chi connectivity index (χ1n) is 6.30. The van der Waals surface area contributed by atoms with Crippen LogP contribution >= 0.6 is 0 Å². The minimum Gasteiger partial charge on any atom is -0.340 e. The summed E-state index contributed by atoms with van der Waals surface area (Å²) in [6.45, 7) is 13.3. The van der Waals surface area contributed by atoms with Crippen molar-refractivity contribution in [3.63, 3.8) is 0 Å². The van der Waals surface area contributed by atoms with Crippen molar-refractivity contribution in [2.75, 3.05) is 6.54 Å². The van der Waals surface area contributed by atoms with E-state index in [4.69, 9.17) is 5.73 Å². The lowest BCUT2D eigenvalue weighted by atomic mass is 10.0. The van der Waals surface area contributed by atoms with Gasteiger partial charge in [-0.05, 0) is 25.7 Å². The van der Waals surface area contributed by atoms with Gasteiger partial charge in [-0.3, -0.25) is 4.79 Å². The van der Waals surface area contributed by atoms with Crippen LogP contribution in [0.5, 0.6) is 0 Å². The van der Waals surface area contributed by atoms with Crippen molar-refractivity contribution < 1.29 is 4.79 Å². The predicted molar refractivity (Wildman–Crippen MR) is 69.1 cm³/mol. The lowest BCUT2D eigenvalue weighted by Gasteiger charge is -2.30. The van der Waals surface area contributed by atoms with Crippen LogP contribution in [0, 0.1) is 11.8 Å². The minimum atomic E-state index is -0.0269. The molecule has 3 heteroatoms. The van der Waals surface area contributed by atoms with Gasteiger partial charge in [0.1, 0.15) is 0 Å². The molecule has 0 bridgehead atoms. The summed E-state index contributed by atoms with van der Waals surface area (Å²) in [6, 6.07) is 0.232. The summed E-state index contributed by atoms with van der Waals surface area (Å²) in [5.41, 5.74) is 5.94. The van der Waals surface area contributed by atoms with E-state index in [1.807, 2.05) is 4.90 Å². The Hall–Kier alpha value is -0.570. The summed E-state index contributed by atoms with van der Waals surface area (Å²) >= 11 is 0. The third kappa shape index (κ3) is 5.50. The SMILES string of the molecule is CC(C)CN(C(=O)CC(N)C(C)C)C(C)C. The molecule has 1 atom stereocenters. The molecule has 0 fully saturated rings. The van der Waals surface area contributed by atoms with Crippen molar-refractivity contribution in [3.8, 4) is 0 Å². The molecule has 16 heavy (non-hydrogen) atoms. The Morgan fingerprint density at radius 3 is 1.94 bits per heavy atom. The van der Waals surface area contributed by atoms with Crippen LogP contribution in [0.2, 0.25) is 0 Å². The molecule has 0 aromatic heterocycles. The van der Waals surface area contributed by atoms with Gasteiger partial charge in [-0.15, -0.1) is 0 Å². The smallest absolute Gasteiger partial charge is 0.224 e. The zero-order valence-electron chi connectivity index (χ0n) is 11.7. The maximum absolute atomic E-state index is 12.1. The highest BCUT2D eigenvalue weighted by molar-refractivity contribution is 5.77. The Morgan fingerprint density at radius 1 is 1.12 bits per heavy atom. The standard InChI is InChI=1S/C13H28N2O/c1-9(2)8-15(11(5)6)13(16)7-12(14)10(3)4/h9-12H,7-8,14H2,1-6H3. The molecule has 0 aliphatic rings. The first kappa shape index (κ1) is 15.4. The topological polar surface area (TPSA) is 46.3 Å². The molecule has 1 amide bonds. The van der Waals surface area contributed by atoms with Gasteiger partial charge in [-0.2, -0.15) is 0 Å². The highest BCUT2D eigenvalue weighted by Crippen LogP contribution is 2.10. The zero-order chi connectivity index (χ0) is 12.9. The molecule has 0 aliphatic carbocycles. The molecule has 0 aliphatic heterocycles. The highest BCUT2D eigenvalue weighted by atomic mass is 16.2. The summed E-state index contributed by atoms with van der Waals surface area (Å²) in [5, 5.41) is 0. The van der Waals surface area contributed by atoms with Gasteiger partial charge in [0.05, 0.1) is 0 Å². The normalized spacial score (nSPS) is 13.6. The first-order chi connectivity index (χ1) is 7.25. The Labute approximate surface area is 100 Å². The second-order valence-corrected chi connectivity index (χ2v) is 5.65. The van der Waals surface area contributed by atoms with Gasteiger partial charge in [0, 0.05) is 25.0 Å². The van der Waals surface area contributed by atoms with E-state index >= 15 is 0 Å². The second-order valence-electron chi connectivity index (χ2n) is 5.65. The molecule has 0 rings (SSSR count). The molecular weight excluding hydrogens is 200 g/mol. The van der Waals surface area contributed by atoms with E-state index in [-0.39, 0.29) is 18.0 Å². The molecule has 0 saturated heterocycles. The van der Waals surface area contributed by atoms with Gasteiger partial charge < -0.3 is 10.6 Å². The zero-order valence-corrected chi connectivity index (χ0v) is 11.7. The first-order valence-corrected chi connectivity index (χ1v) is 6.30. The Bertz CT molecular complexity index is 212. The van der Waals surface area contributed by atoms with E-state index in [1.165, 1.54) is 0 Å². The molecule has 0 spiro atoms. The van der Waals surface area contributed by atoms with Crippen molar-refractivity contribution in [2.24, 2.45) is 17.6 Å². The number of nitrogens with two attached hydrogens (primary N) is 1. The van der Waals surface area contributed by atoms with E-state index in [2.05, 4.69) is 41.5 Å². The van der Waals surface area contributed by atoms with E-state index in [0.29, 0.717) is 18.3 Å². The van der Waals surface area contributed by atoms with Gasteiger partial charge in [-0.1, -0.05) is 27.7 Å². The molecule has 0 aromatic rings. The average Bonchev–Trinajstić information content (AvgIpc) is 2.12. The minimum absolute atomic E-state index is 0.0269. The summed E-state index contributed by atoms with van der Waals surface area (Å²) in [7, 11) is 0. The van der Waals surface area contributed by atoms with Gasteiger partial charge in [0.2, 0.25) is 5.91 Å². The van der Waals surface area contributed by atoms with Crippen LogP contribution in [0.1, 0.15) is 48.0 Å². The van der Waals surface area contributed by atoms with Crippen molar-refractivity contribution in [2.45, 2.75) is 60.0 Å². The van der Waals surface area contributed by atoms with Crippen molar-refractivity contribution in [3.05, 3.63) is 0 Å². The van der Waals surface area contributed by atoms with E-state index in [1.54, 1.807) is 0 Å². The lowest BCUT2D eigenvalue weighted by molar-refractivity contribution is -0.134. The quantitative estimate of drug-likeness (QED) is 0.758. The summed E-state index contributed by atoms with van der Waals surface area (Å²) < 4.78 is 0. The van der Waals surface area contributed by atoms with Crippen molar-refractivity contribution in [1.29, 1.82) is 0 Å². The van der Waals surface area contributed by atoms with Crippen molar-refractivity contribution in [1.82, 2.24) is 4.90 Å². The largest absolute Gasteiger partial charge is 0.340 e. The fourth-order valence-corrected chi connectivity index (χ4v) is 1.55. The monoisotopic (exact) mass is 228 g/mol. The number of hydrogen-bond donors (Lipinski definition) is 1. The van der Waals surface area contributed by atoms with Gasteiger partial charge >= 0.3 is 0 Å². The Balaban J connectivity index is 4.39. The van der Waals surface area contributed by atoms with E-state index in [0.717, 1.165) is 6.54 Å². The van der Waals surface area contributed by atoms with E-state index < -0.39 is 0 Å². The summed E-state index contributed by atoms with van der Waals surface area (Å²) in [5.74, 6) is 1.04. The molecule has 96 valence electrons. The van der Waals surface area contributed by atoms with Gasteiger partial charge in [0.15, 0.2) is 0 Å². The van der Waals surface area contributed by atoms with E-state index in [9.17, 15) is 4.79 Å². The number of hydrogen-bond acceptors (Lipinski definition) is 2. The molecular formula is C13H28N2O. The van der Waals surface area contributed by atoms with Crippen LogP contribution in [-0.4, -0.2) is 29.4 Å². The average molecular weight is 228 g/mol. The predicted octanol–water partition coefficient (Wildman–Crippen LogP) is 2.25. The molecule has 1 unspecified atom stereocenters. The second kappa shape index (κ2) is 6.89. The summed E-state index contributed by atoms with van der Waals surface area (Å²) in [6.07, 6.45) is 0.461. The van der Waals surface area contributed by atoms with Crippen LogP contribution in [-0.2, 0) is 4.79 Å². The number of carbonyl (C=O) groups excluding carboxylic acids is 1.